The van der Waals surface area contributed by atoms with Crippen molar-refractivity contribution in [3.8, 4) is 0 Å². The van der Waals surface area contributed by atoms with Gasteiger partial charge in [0, 0.05) is 25.7 Å². The van der Waals surface area contributed by atoms with Crippen molar-refractivity contribution in [2.75, 3.05) is 26.2 Å². The lowest BCUT2D eigenvalue weighted by atomic mass is 9.95. The summed E-state index contributed by atoms with van der Waals surface area (Å²) in [6.45, 7) is 11.9. The third kappa shape index (κ3) is 3.42. The highest BCUT2D eigenvalue weighted by Gasteiger charge is 2.34. The Hall–Kier alpha value is -0.610. The molecular formula is C13H27N3O. The zero-order valence-electron chi connectivity index (χ0n) is 11.7. The second-order valence-corrected chi connectivity index (χ2v) is 5.40. The van der Waals surface area contributed by atoms with E-state index in [9.17, 15) is 4.79 Å². The first-order valence-electron chi connectivity index (χ1n) is 6.74. The second-order valence-electron chi connectivity index (χ2n) is 5.40. The summed E-state index contributed by atoms with van der Waals surface area (Å²) in [7, 11) is 0. The molecule has 0 bridgehead atoms. The van der Waals surface area contributed by atoms with Crippen LogP contribution < -0.4 is 5.73 Å². The van der Waals surface area contributed by atoms with Crippen LogP contribution in [0, 0.1) is 0 Å². The Morgan fingerprint density at radius 1 is 1.41 bits per heavy atom. The fraction of sp³-hybridized carbons (Fsp3) is 0.923. The Morgan fingerprint density at radius 3 is 2.53 bits per heavy atom. The molecule has 0 radical (unpaired) electrons. The van der Waals surface area contributed by atoms with E-state index >= 15 is 0 Å². The van der Waals surface area contributed by atoms with Gasteiger partial charge < -0.3 is 10.6 Å². The van der Waals surface area contributed by atoms with Gasteiger partial charge in [-0.3, -0.25) is 9.69 Å². The zero-order chi connectivity index (χ0) is 13.1. The number of amides is 1. The van der Waals surface area contributed by atoms with Gasteiger partial charge in [0.25, 0.3) is 0 Å². The van der Waals surface area contributed by atoms with Crippen molar-refractivity contribution in [3.63, 3.8) is 0 Å². The van der Waals surface area contributed by atoms with Crippen LogP contribution >= 0.6 is 0 Å². The van der Waals surface area contributed by atoms with E-state index in [1.54, 1.807) is 0 Å². The Morgan fingerprint density at radius 2 is 2.06 bits per heavy atom. The number of carbonyl (C=O) groups excluding carboxylic acids is 1. The average molecular weight is 241 g/mol. The predicted octanol–water partition coefficient (Wildman–Crippen LogP) is 1.06. The fourth-order valence-corrected chi connectivity index (χ4v) is 2.64. The number of carbonyl (C=O) groups is 1. The maximum absolute atomic E-state index is 12.3. The van der Waals surface area contributed by atoms with E-state index in [-0.39, 0.29) is 5.91 Å². The monoisotopic (exact) mass is 241 g/mol. The number of piperazine rings is 1. The van der Waals surface area contributed by atoms with Crippen molar-refractivity contribution in [1.29, 1.82) is 0 Å². The van der Waals surface area contributed by atoms with Gasteiger partial charge >= 0.3 is 0 Å². The predicted molar refractivity (Wildman–Crippen MR) is 70.8 cm³/mol. The first-order valence-corrected chi connectivity index (χ1v) is 6.74. The van der Waals surface area contributed by atoms with E-state index in [4.69, 9.17) is 5.73 Å². The van der Waals surface area contributed by atoms with Crippen molar-refractivity contribution < 1.29 is 4.79 Å². The number of rotatable bonds is 4. The molecule has 4 nitrogen and oxygen atoms in total. The van der Waals surface area contributed by atoms with Crippen LogP contribution in [-0.2, 0) is 4.79 Å². The summed E-state index contributed by atoms with van der Waals surface area (Å²) in [6.07, 6.45) is 1.71. The molecule has 1 heterocycles. The third-order valence-electron chi connectivity index (χ3n) is 3.72. The molecule has 0 aromatic rings. The molecule has 4 heteroatoms. The summed E-state index contributed by atoms with van der Waals surface area (Å²) in [5, 5.41) is 0. The lowest BCUT2D eigenvalue weighted by molar-refractivity contribution is -0.139. The van der Waals surface area contributed by atoms with E-state index in [2.05, 4.69) is 25.7 Å². The molecule has 0 saturated carbocycles. The topological polar surface area (TPSA) is 49.6 Å². The molecule has 1 aliphatic heterocycles. The molecule has 1 saturated heterocycles. The van der Waals surface area contributed by atoms with Crippen molar-refractivity contribution >= 4 is 5.91 Å². The second kappa shape index (κ2) is 5.83. The molecule has 1 aliphatic rings. The average Bonchev–Trinajstić information content (AvgIpc) is 2.27. The Balaban J connectivity index is 2.60. The zero-order valence-corrected chi connectivity index (χ0v) is 11.7. The summed E-state index contributed by atoms with van der Waals surface area (Å²) in [5.74, 6) is 0.113. The first kappa shape index (κ1) is 14.5. The molecule has 0 aromatic heterocycles. The Bertz CT molecular complexity index is 265. The van der Waals surface area contributed by atoms with Gasteiger partial charge in [-0.15, -0.1) is 0 Å². The van der Waals surface area contributed by atoms with Crippen molar-refractivity contribution in [1.82, 2.24) is 9.80 Å². The smallest absolute Gasteiger partial charge is 0.242 e. The molecule has 0 aliphatic carbocycles. The molecule has 1 rings (SSSR count). The molecule has 0 aromatic carbocycles. The molecule has 17 heavy (non-hydrogen) atoms. The maximum Gasteiger partial charge on any atom is 0.242 e. The Kier molecular flexibility index (Phi) is 4.95. The lowest BCUT2D eigenvalue weighted by Crippen LogP contribution is -2.60. The van der Waals surface area contributed by atoms with Gasteiger partial charge in [-0.1, -0.05) is 20.3 Å². The fourth-order valence-electron chi connectivity index (χ4n) is 2.64. The van der Waals surface area contributed by atoms with Gasteiger partial charge in [-0.2, -0.15) is 0 Å². The van der Waals surface area contributed by atoms with E-state index < -0.39 is 5.54 Å². The van der Waals surface area contributed by atoms with E-state index in [0.29, 0.717) is 6.04 Å². The van der Waals surface area contributed by atoms with Crippen LogP contribution in [0.25, 0.3) is 0 Å². The van der Waals surface area contributed by atoms with Crippen LogP contribution in [0.3, 0.4) is 0 Å². The number of hydrogen-bond acceptors (Lipinski definition) is 3. The molecule has 2 atom stereocenters. The van der Waals surface area contributed by atoms with Crippen molar-refractivity contribution in [2.24, 2.45) is 5.73 Å². The maximum atomic E-state index is 12.3. The van der Waals surface area contributed by atoms with Gasteiger partial charge in [0.1, 0.15) is 0 Å². The van der Waals surface area contributed by atoms with Crippen LogP contribution in [0.1, 0.15) is 40.5 Å². The van der Waals surface area contributed by atoms with Crippen molar-refractivity contribution in [2.45, 2.75) is 52.1 Å². The number of nitrogens with zero attached hydrogens (tertiary/aromatic N) is 2. The summed E-state index contributed by atoms with van der Waals surface area (Å²) < 4.78 is 0. The summed E-state index contributed by atoms with van der Waals surface area (Å²) in [6, 6.07) is 0.440. The first-order chi connectivity index (χ1) is 7.92. The molecule has 1 amide bonds. The van der Waals surface area contributed by atoms with Crippen LogP contribution in [0.5, 0.6) is 0 Å². The normalized spacial score (nSPS) is 25.7. The third-order valence-corrected chi connectivity index (χ3v) is 3.72. The van der Waals surface area contributed by atoms with E-state index in [1.807, 2.05) is 11.8 Å². The largest absolute Gasteiger partial charge is 0.338 e. The minimum absolute atomic E-state index is 0.113. The van der Waals surface area contributed by atoms with E-state index in [1.165, 1.54) is 0 Å². The molecule has 100 valence electrons. The van der Waals surface area contributed by atoms with Gasteiger partial charge in [-0.25, -0.2) is 0 Å². The summed E-state index contributed by atoms with van der Waals surface area (Å²) in [5.41, 5.74) is 5.42. The quantitative estimate of drug-likeness (QED) is 0.800. The SMILES string of the molecule is CCCC(C)(N)C(=O)N1CCN(CC)C(C)C1. The highest BCUT2D eigenvalue weighted by molar-refractivity contribution is 5.85. The van der Waals surface area contributed by atoms with Crippen LogP contribution in [0.4, 0.5) is 0 Å². The van der Waals surface area contributed by atoms with Gasteiger partial charge in [0.05, 0.1) is 5.54 Å². The molecule has 2 unspecified atom stereocenters. The van der Waals surface area contributed by atoms with Gasteiger partial charge in [-0.05, 0) is 26.8 Å². The molecule has 1 fully saturated rings. The lowest BCUT2D eigenvalue weighted by Gasteiger charge is -2.42. The number of likely N-dealkylation sites (N-methyl/N-ethyl adjacent to an activating group) is 1. The van der Waals surface area contributed by atoms with Crippen LogP contribution in [0.15, 0.2) is 0 Å². The molecular weight excluding hydrogens is 214 g/mol. The van der Waals surface area contributed by atoms with E-state index in [0.717, 1.165) is 39.0 Å². The van der Waals surface area contributed by atoms with Crippen molar-refractivity contribution in [3.05, 3.63) is 0 Å². The number of nitrogens with two attached hydrogens (primary N) is 1. The standard InChI is InChI=1S/C13H27N3O/c1-5-7-13(4,14)12(17)16-9-8-15(6-2)11(3)10-16/h11H,5-10,14H2,1-4H3. The van der Waals surface area contributed by atoms with Gasteiger partial charge in [0.2, 0.25) is 5.91 Å². The van der Waals surface area contributed by atoms with Crippen LogP contribution in [-0.4, -0.2) is 53.5 Å². The summed E-state index contributed by atoms with van der Waals surface area (Å²) >= 11 is 0. The highest BCUT2D eigenvalue weighted by atomic mass is 16.2. The minimum atomic E-state index is -0.692. The molecule has 0 spiro atoms. The number of hydrogen-bond donors (Lipinski definition) is 1. The summed E-state index contributed by atoms with van der Waals surface area (Å²) in [4.78, 5) is 16.7. The van der Waals surface area contributed by atoms with Crippen LogP contribution in [0.2, 0.25) is 0 Å². The molecule has 2 N–H and O–H groups in total. The minimum Gasteiger partial charge on any atom is -0.338 e. The Labute approximate surface area is 105 Å². The van der Waals surface area contributed by atoms with Gasteiger partial charge in [0.15, 0.2) is 0 Å². The highest BCUT2D eigenvalue weighted by Crippen LogP contribution is 2.16.